The molecular formula is C19H20O4. The molecule has 0 unspecified atom stereocenters. The molecule has 2 aromatic rings. The highest BCUT2D eigenvalue weighted by atomic mass is 16.5. The molecule has 0 atom stereocenters. The third-order valence-corrected chi connectivity index (χ3v) is 3.47. The van der Waals surface area contributed by atoms with Crippen LogP contribution in [0.3, 0.4) is 0 Å². The molecule has 0 saturated carbocycles. The van der Waals surface area contributed by atoms with Gasteiger partial charge in [0, 0.05) is 6.42 Å². The molecule has 0 fully saturated rings. The summed E-state index contributed by atoms with van der Waals surface area (Å²) in [5.74, 6) is -0.720. The molecule has 4 heteroatoms. The number of hydrogen-bond donors (Lipinski definition) is 1. The van der Waals surface area contributed by atoms with Crippen LogP contribution in [0.4, 0.5) is 0 Å². The molecule has 0 amide bonds. The van der Waals surface area contributed by atoms with Gasteiger partial charge in [0.15, 0.2) is 5.78 Å². The first kappa shape index (κ1) is 16.7. The molecule has 0 aromatic heterocycles. The van der Waals surface area contributed by atoms with Gasteiger partial charge < -0.3 is 9.84 Å². The van der Waals surface area contributed by atoms with Crippen molar-refractivity contribution in [1.82, 2.24) is 0 Å². The van der Waals surface area contributed by atoms with Gasteiger partial charge in [0.25, 0.3) is 0 Å². The first-order valence-corrected chi connectivity index (χ1v) is 7.64. The molecule has 0 aliphatic heterocycles. The zero-order valence-corrected chi connectivity index (χ0v) is 13.1. The summed E-state index contributed by atoms with van der Waals surface area (Å²) in [6, 6.07) is 14.9. The Bertz CT molecular complexity index is 677. The number of rotatable bonds is 7. The summed E-state index contributed by atoms with van der Waals surface area (Å²) in [4.78, 5) is 23.5. The Kier molecular flexibility index (Phi) is 5.92. The lowest BCUT2D eigenvalue weighted by Gasteiger charge is -2.08. The average molecular weight is 312 g/mol. The van der Waals surface area contributed by atoms with E-state index in [4.69, 9.17) is 4.74 Å². The van der Waals surface area contributed by atoms with Gasteiger partial charge in [-0.3, -0.25) is 9.59 Å². The van der Waals surface area contributed by atoms with Crippen molar-refractivity contribution in [2.75, 3.05) is 6.61 Å². The van der Waals surface area contributed by atoms with Crippen LogP contribution in [0.25, 0.3) is 0 Å². The second-order valence-corrected chi connectivity index (χ2v) is 5.24. The molecule has 0 aliphatic rings. The van der Waals surface area contributed by atoms with Crippen LogP contribution in [0.2, 0.25) is 0 Å². The monoisotopic (exact) mass is 312 g/mol. The van der Waals surface area contributed by atoms with E-state index in [2.05, 4.69) is 0 Å². The highest BCUT2D eigenvalue weighted by Gasteiger charge is 2.14. The van der Waals surface area contributed by atoms with Crippen molar-refractivity contribution in [2.24, 2.45) is 0 Å². The molecule has 0 bridgehead atoms. The van der Waals surface area contributed by atoms with Crippen LogP contribution in [-0.2, 0) is 16.0 Å². The fraction of sp³-hybridized carbons (Fsp3) is 0.263. The maximum atomic E-state index is 12.2. The van der Waals surface area contributed by atoms with E-state index in [0.29, 0.717) is 13.0 Å². The van der Waals surface area contributed by atoms with Gasteiger partial charge in [-0.15, -0.1) is 0 Å². The van der Waals surface area contributed by atoms with Gasteiger partial charge in [-0.2, -0.15) is 0 Å². The Morgan fingerprint density at radius 1 is 1.00 bits per heavy atom. The number of hydrogen-bond acceptors (Lipinski definition) is 4. The van der Waals surface area contributed by atoms with E-state index in [1.807, 2.05) is 30.3 Å². The summed E-state index contributed by atoms with van der Waals surface area (Å²) in [5.41, 5.74) is 2.32. The third-order valence-electron chi connectivity index (χ3n) is 3.47. The van der Waals surface area contributed by atoms with Gasteiger partial charge in [-0.1, -0.05) is 36.4 Å². The fourth-order valence-electron chi connectivity index (χ4n) is 2.33. The van der Waals surface area contributed by atoms with E-state index >= 15 is 0 Å². The molecule has 0 spiro atoms. The van der Waals surface area contributed by atoms with Crippen molar-refractivity contribution < 1.29 is 19.4 Å². The maximum absolute atomic E-state index is 12.2. The molecule has 2 aromatic carbocycles. The van der Waals surface area contributed by atoms with Gasteiger partial charge in [0.2, 0.25) is 0 Å². The highest BCUT2D eigenvalue weighted by Crippen LogP contribution is 2.22. The molecule has 120 valence electrons. The molecule has 0 saturated heterocycles. The summed E-state index contributed by atoms with van der Waals surface area (Å²) in [6.07, 6.45) is 0.732. The Hall–Kier alpha value is -2.62. The zero-order valence-electron chi connectivity index (χ0n) is 13.1. The Labute approximate surface area is 135 Å². The summed E-state index contributed by atoms with van der Waals surface area (Å²) in [6.45, 7) is 2.02. The molecular weight excluding hydrogens is 292 g/mol. The van der Waals surface area contributed by atoms with E-state index in [9.17, 15) is 14.7 Å². The molecule has 0 aliphatic carbocycles. The van der Waals surface area contributed by atoms with E-state index in [-0.39, 0.29) is 29.9 Å². The second-order valence-electron chi connectivity index (χ2n) is 5.24. The Morgan fingerprint density at radius 3 is 2.43 bits per heavy atom. The van der Waals surface area contributed by atoms with Crippen LogP contribution in [0, 0.1) is 0 Å². The van der Waals surface area contributed by atoms with Crippen molar-refractivity contribution in [3.05, 3.63) is 65.2 Å². The van der Waals surface area contributed by atoms with E-state index < -0.39 is 5.97 Å². The van der Waals surface area contributed by atoms with Crippen molar-refractivity contribution in [3.8, 4) is 5.75 Å². The van der Waals surface area contributed by atoms with Crippen molar-refractivity contribution >= 4 is 11.8 Å². The molecule has 0 heterocycles. The molecule has 4 nitrogen and oxygen atoms in total. The standard InChI is InChI=1S/C19H20O4/c1-2-23-19(22)11-10-18(21)16-13-15(8-9-17(16)20)12-14-6-4-3-5-7-14/h3-9,13,20H,2,10-12H2,1H3. The number of aromatic hydroxyl groups is 1. The molecule has 23 heavy (non-hydrogen) atoms. The second kappa shape index (κ2) is 8.13. The number of ether oxygens (including phenoxy) is 1. The fourth-order valence-corrected chi connectivity index (χ4v) is 2.33. The van der Waals surface area contributed by atoms with Crippen molar-refractivity contribution in [3.63, 3.8) is 0 Å². The van der Waals surface area contributed by atoms with Crippen LogP contribution in [0.15, 0.2) is 48.5 Å². The number of carbonyl (C=O) groups excluding carboxylic acids is 2. The van der Waals surface area contributed by atoms with E-state index in [1.165, 1.54) is 6.07 Å². The predicted molar refractivity (Wildman–Crippen MR) is 87.6 cm³/mol. The first-order chi connectivity index (χ1) is 11.1. The van der Waals surface area contributed by atoms with E-state index in [0.717, 1.165) is 11.1 Å². The number of ketones is 1. The quantitative estimate of drug-likeness (QED) is 0.628. The largest absolute Gasteiger partial charge is 0.507 e. The van der Waals surface area contributed by atoms with Gasteiger partial charge in [-0.25, -0.2) is 0 Å². The third kappa shape index (κ3) is 4.95. The van der Waals surface area contributed by atoms with Crippen LogP contribution in [0.1, 0.15) is 41.3 Å². The number of carbonyl (C=O) groups is 2. The van der Waals surface area contributed by atoms with Gasteiger partial charge in [-0.05, 0) is 36.6 Å². The molecule has 1 N–H and O–H groups in total. The average Bonchev–Trinajstić information content (AvgIpc) is 2.55. The minimum Gasteiger partial charge on any atom is -0.507 e. The minimum atomic E-state index is -0.402. The van der Waals surface area contributed by atoms with Crippen molar-refractivity contribution in [2.45, 2.75) is 26.2 Å². The topological polar surface area (TPSA) is 63.6 Å². The number of esters is 1. The number of Topliss-reactive ketones (excluding diaryl/α,β-unsaturated/α-hetero) is 1. The normalized spacial score (nSPS) is 10.3. The first-order valence-electron chi connectivity index (χ1n) is 7.64. The van der Waals surface area contributed by atoms with E-state index in [1.54, 1.807) is 19.1 Å². The van der Waals surface area contributed by atoms with Gasteiger partial charge in [0.1, 0.15) is 5.75 Å². The summed E-state index contributed by atoms with van der Waals surface area (Å²) in [5, 5.41) is 9.90. The summed E-state index contributed by atoms with van der Waals surface area (Å²) < 4.78 is 4.81. The summed E-state index contributed by atoms with van der Waals surface area (Å²) in [7, 11) is 0. The lowest BCUT2D eigenvalue weighted by atomic mass is 9.99. The maximum Gasteiger partial charge on any atom is 0.306 e. The smallest absolute Gasteiger partial charge is 0.306 e. The minimum absolute atomic E-state index is 0.0228. The van der Waals surface area contributed by atoms with Crippen LogP contribution < -0.4 is 0 Å². The van der Waals surface area contributed by atoms with Crippen LogP contribution >= 0.6 is 0 Å². The zero-order chi connectivity index (χ0) is 16.7. The number of benzene rings is 2. The highest BCUT2D eigenvalue weighted by molar-refractivity contribution is 6.00. The number of phenolic OH excluding ortho intramolecular Hbond substituents is 1. The lowest BCUT2D eigenvalue weighted by Crippen LogP contribution is -2.08. The van der Waals surface area contributed by atoms with Crippen molar-refractivity contribution in [1.29, 1.82) is 0 Å². The van der Waals surface area contributed by atoms with Crippen LogP contribution in [0.5, 0.6) is 5.75 Å². The SMILES string of the molecule is CCOC(=O)CCC(=O)c1cc(Cc2ccccc2)ccc1O. The number of phenols is 1. The lowest BCUT2D eigenvalue weighted by molar-refractivity contribution is -0.143. The Balaban J connectivity index is 2.07. The predicted octanol–water partition coefficient (Wildman–Crippen LogP) is 3.51. The summed E-state index contributed by atoms with van der Waals surface area (Å²) >= 11 is 0. The van der Waals surface area contributed by atoms with Gasteiger partial charge in [0.05, 0.1) is 18.6 Å². The molecule has 0 radical (unpaired) electrons. The van der Waals surface area contributed by atoms with Gasteiger partial charge >= 0.3 is 5.97 Å². The van der Waals surface area contributed by atoms with Crippen LogP contribution in [-0.4, -0.2) is 23.5 Å². The Morgan fingerprint density at radius 2 is 1.74 bits per heavy atom. The molecule has 2 rings (SSSR count).